The van der Waals surface area contributed by atoms with Crippen LogP contribution in [0.15, 0.2) is 45.9 Å². The first-order chi connectivity index (χ1) is 12.5. The maximum Gasteiger partial charge on any atom is 0.260 e. The Balaban J connectivity index is 1.82. The Hall–Kier alpha value is -2.35. The van der Waals surface area contributed by atoms with E-state index in [-0.39, 0.29) is 22.0 Å². The summed E-state index contributed by atoms with van der Waals surface area (Å²) in [7, 11) is 0. The van der Waals surface area contributed by atoms with E-state index in [0.29, 0.717) is 10.2 Å². The molecule has 1 N–H and O–H groups in total. The third kappa shape index (κ3) is 2.98. The van der Waals surface area contributed by atoms with Gasteiger partial charge in [0.15, 0.2) is 17.5 Å². The summed E-state index contributed by atoms with van der Waals surface area (Å²) in [4.78, 5) is 21.0. The van der Waals surface area contributed by atoms with Crippen molar-refractivity contribution in [2.75, 3.05) is 0 Å². The first-order valence-electron chi connectivity index (χ1n) is 7.41. The van der Waals surface area contributed by atoms with Crippen LogP contribution >= 0.6 is 34.3 Å². The molecule has 0 amide bonds. The van der Waals surface area contributed by atoms with Gasteiger partial charge in [-0.3, -0.25) is 4.79 Å². The predicted octanol–water partition coefficient (Wildman–Crippen LogP) is 5.73. The smallest absolute Gasteiger partial charge is 0.260 e. The maximum absolute atomic E-state index is 13.8. The lowest BCUT2D eigenvalue weighted by Gasteiger charge is -2.02. The molecule has 1 aromatic carbocycles. The molecule has 0 bridgehead atoms. The summed E-state index contributed by atoms with van der Waals surface area (Å²) in [6, 6.07) is 7.62. The predicted molar refractivity (Wildman–Crippen MR) is 104 cm³/mol. The standard InChI is InChI=1S/C18H9ClF2N2OS2/c19-11(7-9-3-1-4-12(20)15(9)21)16-22-17(24)14-10(8-26-18(14)23-16)13-5-2-6-25-13/h1-8H,(H,22,23,24). The number of nitrogens with one attached hydrogen (secondary N) is 1. The molecule has 0 fully saturated rings. The van der Waals surface area contributed by atoms with E-state index in [2.05, 4.69) is 9.97 Å². The molecule has 0 atom stereocenters. The lowest BCUT2D eigenvalue weighted by Crippen LogP contribution is -2.10. The van der Waals surface area contributed by atoms with Crippen LogP contribution in [0.2, 0.25) is 0 Å². The highest BCUT2D eigenvalue weighted by atomic mass is 35.5. The number of rotatable bonds is 3. The van der Waals surface area contributed by atoms with Crippen LogP contribution in [0.4, 0.5) is 8.78 Å². The van der Waals surface area contributed by atoms with Crippen molar-refractivity contribution >= 4 is 55.6 Å². The van der Waals surface area contributed by atoms with Crippen LogP contribution in [0, 0.1) is 11.6 Å². The van der Waals surface area contributed by atoms with E-state index in [1.165, 1.54) is 40.9 Å². The molecule has 4 rings (SSSR count). The summed E-state index contributed by atoms with van der Waals surface area (Å²) >= 11 is 9.05. The maximum atomic E-state index is 13.8. The van der Waals surface area contributed by atoms with E-state index in [4.69, 9.17) is 11.6 Å². The third-order valence-corrected chi connectivity index (χ3v) is 5.78. The van der Waals surface area contributed by atoms with Gasteiger partial charge in [0.1, 0.15) is 4.83 Å². The summed E-state index contributed by atoms with van der Waals surface area (Å²) < 4.78 is 27.1. The van der Waals surface area contributed by atoms with Crippen molar-refractivity contribution in [2.24, 2.45) is 0 Å². The van der Waals surface area contributed by atoms with E-state index in [9.17, 15) is 13.6 Å². The monoisotopic (exact) mass is 406 g/mol. The number of hydrogen-bond acceptors (Lipinski definition) is 4. The van der Waals surface area contributed by atoms with E-state index >= 15 is 0 Å². The van der Waals surface area contributed by atoms with Crippen molar-refractivity contribution in [3.8, 4) is 10.4 Å². The number of fused-ring (bicyclic) bond motifs is 1. The number of hydrogen-bond donors (Lipinski definition) is 1. The van der Waals surface area contributed by atoms with Gasteiger partial charge in [-0.15, -0.1) is 22.7 Å². The Morgan fingerprint density at radius 3 is 2.81 bits per heavy atom. The molecule has 0 saturated carbocycles. The molecule has 0 unspecified atom stereocenters. The van der Waals surface area contributed by atoms with Gasteiger partial charge in [-0.2, -0.15) is 0 Å². The Bertz CT molecular complexity index is 1200. The van der Waals surface area contributed by atoms with Gasteiger partial charge in [0, 0.05) is 21.4 Å². The molecule has 3 nitrogen and oxygen atoms in total. The molecule has 0 aliphatic heterocycles. The van der Waals surface area contributed by atoms with Crippen LogP contribution < -0.4 is 5.56 Å². The zero-order valence-corrected chi connectivity index (χ0v) is 15.3. The quantitative estimate of drug-likeness (QED) is 0.472. The first-order valence-corrected chi connectivity index (χ1v) is 9.55. The molecule has 130 valence electrons. The van der Waals surface area contributed by atoms with Crippen molar-refractivity contribution in [1.82, 2.24) is 9.97 Å². The van der Waals surface area contributed by atoms with Crippen molar-refractivity contribution in [2.45, 2.75) is 0 Å². The lowest BCUT2D eigenvalue weighted by atomic mass is 10.2. The highest BCUT2D eigenvalue weighted by molar-refractivity contribution is 7.18. The van der Waals surface area contributed by atoms with Gasteiger partial charge in [-0.05, 0) is 23.6 Å². The number of H-pyrrole nitrogens is 1. The fraction of sp³-hybridized carbons (Fsp3) is 0. The highest BCUT2D eigenvalue weighted by Gasteiger charge is 2.15. The van der Waals surface area contributed by atoms with Crippen LogP contribution in [-0.4, -0.2) is 9.97 Å². The van der Waals surface area contributed by atoms with Gasteiger partial charge in [-0.25, -0.2) is 13.8 Å². The fourth-order valence-corrected chi connectivity index (χ4v) is 4.48. The highest BCUT2D eigenvalue weighted by Crippen LogP contribution is 2.34. The number of nitrogens with zero attached hydrogens (tertiary/aromatic N) is 1. The average molecular weight is 407 g/mol. The number of aromatic nitrogens is 2. The van der Waals surface area contributed by atoms with Gasteiger partial charge >= 0.3 is 0 Å². The summed E-state index contributed by atoms with van der Waals surface area (Å²) in [5.41, 5.74) is 0.459. The molecule has 26 heavy (non-hydrogen) atoms. The molecule has 0 spiro atoms. The second-order valence-electron chi connectivity index (χ2n) is 5.36. The van der Waals surface area contributed by atoms with Crippen molar-refractivity contribution < 1.29 is 8.78 Å². The van der Waals surface area contributed by atoms with E-state index in [0.717, 1.165) is 16.5 Å². The van der Waals surface area contributed by atoms with E-state index < -0.39 is 11.6 Å². The normalized spacial score (nSPS) is 12.0. The molecule has 3 aromatic heterocycles. The summed E-state index contributed by atoms with van der Waals surface area (Å²) in [5, 5.41) is 4.30. The van der Waals surface area contributed by atoms with E-state index in [1.807, 2.05) is 22.9 Å². The molecule has 0 aliphatic carbocycles. The minimum atomic E-state index is -1.01. The Morgan fingerprint density at radius 1 is 1.19 bits per heavy atom. The average Bonchev–Trinajstić information content (AvgIpc) is 3.28. The second-order valence-corrected chi connectivity index (χ2v) is 7.57. The number of halogens is 3. The van der Waals surface area contributed by atoms with Gasteiger partial charge in [0.05, 0.1) is 10.4 Å². The van der Waals surface area contributed by atoms with Crippen LogP contribution in [-0.2, 0) is 0 Å². The minimum absolute atomic E-state index is 0.0135. The third-order valence-electron chi connectivity index (χ3n) is 3.72. The topological polar surface area (TPSA) is 45.8 Å². The molecule has 3 heterocycles. The van der Waals surface area contributed by atoms with Crippen molar-refractivity contribution in [3.05, 3.63) is 74.5 Å². The molecule has 4 aromatic rings. The number of benzene rings is 1. The molecular formula is C18H9ClF2N2OS2. The molecule has 8 heteroatoms. The summed E-state index contributed by atoms with van der Waals surface area (Å²) in [6.45, 7) is 0. The van der Waals surface area contributed by atoms with Crippen LogP contribution in [0.25, 0.3) is 31.8 Å². The van der Waals surface area contributed by atoms with Gasteiger partial charge in [0.25, 0.3) is 5.56 Å². The Kier molecular flexibility index (Phi) is 4.44. The van der Waals surface area contributed by atoms with Crippen molar-refractivity contribution in [1.29, 1.82) is 0 Å². The second kappa shape index (κ2) is 6.75. The molecule has 0 aliphatic rings. The lowest BCUT2D eigenvalue weighted by molar-refractivity contribution is 0.507. The Morgan fingerprint density at radius 2 is 2.04 bits per heavy atom. The molecule has 0 saturated heterocycles. The zero-order valence-electron chi connectivity index (χ0n) is 12.9. The van der Waals surface area contributed by atoms with Crippen LogP contribution in [0.5, 0.6) is 0 Å². The fourth-order valence-electron chi connectivity index (χ4n) is 2.51. The summed E-state index contributed by atoms with van der Waals surface area (Å²) in [5.74, 6) is -1.88. The Labute approximate surface area is 159 Å². The minimum Gasteiger partial charge on any atom is -0.305 e. The van der Waals surface area contributed by atoms with Crippen LogP contribution in [0.3, 0.4) is 0 Å². The van der Waals surface area contributed by atoms with Crippen LogP contribution in [0.1, 0.15) is 11.4 Å². The summed E-state index contributed by atoms with van der Waals surface area (Å²) in [6.07, 6.45) is 1.23. The number of thiophene rings is 2. The van der Waals surface area contributed by atoms with Gasteiger partial charge in [0.2, 0.25) is 0 Å². The molecule has 0 radical (unpaired) electrons. The van der Waals surface area contributed by atoms with E-state index in [1.54, 1.807) is 0 Å². The number of aromatic amines is 1. The SMILES string of the molecule is O=c1[nH]c(C(Cl)=Cc2cccc(F)c2F)nc2scc(-c3cccs3)c12. The van der Waals surface area contributed by atoms with Gasteiger partial charge < -0.3 is 4.98 Å². The first kappa shape index (κ1) is 17.1. The van der Waals surface area contributed by atoms with Crippen molar-refractivity contribution in [3.63, 3.8) is 0 Å². The molecular weight excluding hydrogens is 398 g/mol. The van der Waals surface area contributed by atoms with Gasteiger partial charge in [-0.1, -0.05) is 29.8 Å². The largest absolute Gasteiger partial charge is 0.305 e. The zero-order chi connectivity index (χ0) is 18.3.